The lowest BCUT2D eigenvalue weighted by atomic mass is 9.75. The minimum Gasteiger partial charge on any atom is -0.461 e. The van der Waals surface area contributed by atoms with E-state index < -0.39 is 5.41 Å². The van der Waals surface area contributed by atoms with Gasteiger partial charge in [0.25, 0.3) is 0 Å². The van der Waals surface area contributed by atoms with Gasteiger partial charge in [-0.25, -0.2) is 0 Å². The van der Waals surface area contributed by atoms with Gasteiger partial charge in [0.15, 0.2) is 5.78 Å². The summed E-state index contributed by atoms with van der Waals surface area (Å²) >= 11 is 0. The van der Waals surface area contributed by atoms with E-state index in [9.17, 15) is 9.59 Å². The third kappa shape index (κ3) is 2.00. The van der Waals surface area contributed by atoms with Gasteiger partial charge in [0.1, 0.15) is 11.5 Å². The van der Waals surface area contributed by atoms with E-state index in [1.807, 2.05) is 0 Å². The van der Waals surface area contributed by atoms with E-state index in [-0.39, 0.29) is 29.2 Å². The second kappa shape index (κ2) is 5.07. The summed E-state index contributed by atoms with van der Waals surface area (Å²) in [7, 11) is 0. The van der Waals surface area contributed by atoms with Crippen molar-refractivity contribution in [3.63, 3.8) is 0 Å². The van der Waals surface area contributed by atoms with Crippen LogP contribution < -0.4 is 0 Å². The van der Waals surface area contributed by atoms with Gasteiger partial charge in [-0.15, -0.1) is 0 Å². The van der Waals surface area contributed by atoms with E-state index in [0.29, 0.717) is 24.2 Å². The second-order valence-electron chi connectivity index (χ2n) is 8.81. The molecule has 3 fully saturated rings. The molecule has 0 saturated heterocycles. The van der Waals surface area contributed by atoms with Crippen molar-refractivity contribution in [3.05, 3.63) is 0 Å². The van der Waals surface area contributed by atoms with Crippen LogP contribution in [0.1, 0.15) is 66.7 Å². The van der Waals surface area contributed by atoms with Crippen molar-refractivity contribution in [3.8, 4) is 0 Å². The van der Waals surface area contributed by atoms with Gasteiger partial charge in [0.05, 0.1) is 0 Å². The summed E-state index contributed by atoms with van der Waals surface area (Å²) in [4.78, 5) is 25.4. The lowest BCUT2D eigenvalue weighted by Gasteiger charge is -2.37. The van der Waals surface area contributed by atoms with Crippen molar-refractivity contribution in [2.75, 3.05) is 0 Å². The number of carbonyl (C=O) groups is 2. The molecule has 0 bridgehead atoms. The number of esters is 1. The summed E-state index contributed by atoms with van der Waals surface area (Å²) in [6.07, 6.45) is 4.70. The Bertz CT molecular complexity index is 493. The average Bonchev–Trinajstić information content (AvgIpc) is 2.72. The van der Waals surface area contributed by atoms with Crippen LogP contribution >= 0.6 is 0 Å². The Balaban J connectivity index is 1.77. The molecule has 0 amide bonds. The van der Waals surface area contributed by atoms with E-state index >= 15 is 0 Å². The van der Waals surface area contributed by atoms with Crippen molar-refractivity contribution in [1.82, 2.24) is 0 Å². The van der Waals surface area contributed by atoms with Crippen LogP contribution in [0, 0.1) is 34.5 Å². The molecule has 3 aliphatic carbocycles. The molecule has 3 saturated carbocycles. The monoisotopic (exact) mass is 306 g/mol. The fraction of sp³-hybridized carbons (Fsp3) is 0.895. The molecule has 0 N–H and O–H groups in total. The van der Waals surface area contributed by atoms with Gasteiger partial charge in [-0.1, -0.05) is 41.0 Å². The number of rotatable bonds is 3. The fourth-order valence-electron chi connectivity index (χ4n) is 5.47. The molecular weight excluding hydrogens is 276 g/mol. The lowest BCUT2D eigenvalue weighted by molar-refractivity contribution is -0.166. The summed E-state index contributed by atoms with van der Waals surface area (Å²) in [6, 6.07) is 0. The molecule has 3 rings (SSSR count). The average molecular weight is 306 g/mol. The number of carbonyl (C=O) groups excluding carboxylic acids is 2. The quantitative estimate of drug-likeness (QED) is 0.585. The van der Waals surface area contributed by atoms with E-state index in [2.05, 4.69) is 34.6 Å². The van der Waals surface area contributed by atoms with Crippen molar-refractivity contribution < 1.29 is 14.3 Å². The SMILES string of the molecule is CC(C)[C@H]1CC[C@@H](C)C[C@@H]1OC(=O)[C@@]12C(=O)CC[C@H]1C2(C)C. The molecule has 0 heterocycles. The Kier molecular flexibility index (Phi) is 3.69. The maximum absolute atomic E-state index is 12.9. The zero-order valence-corrected chi connectivity index (χ0v) is 14.6. The first-order valence-electron chi connectivity index (χ1n) is 8.97. The predicted octanol–water partition coefficient (Wildman–Crippen LogP) is 4.00. The van der Waals surface area contributed by atoms with Gasteiger partial charge < -0.3 is 4.74 Å². The number of hydrogen-bond donors (Lipinski definition) is 0. The Morgan fingerprint density at radius 1 is 1.23 bits per heavy atom. The van der Waals surface area contributed by atoms with Gasteiger partial charge in [-0.05, 0) is 48.3 Å². The number of hydrogen-bond acceptors (Lipinski definition) is 3. The third-order valence-electron chi connectivity index (χ3n) is 6.97. The summed E-state index contributed by atoms with van der Waals surface area (Å²) in [5.41, 5.74) is -1.01. The molecule has 0 radical (unpaired) electrons. The summed E-state index contributed by atoms with van der Waals surface area (Å²) in [5.74, 6) is 1.68. The normalized spacial score (nSPS) is 43.1. The van der Waals surface area contributed by atoms with Crippen LogP contribution in [0.15, 0.2) is 0 Å². The molecule has 0 unspecified atom stereocenters. The largest absolute Gasteiger partial charge is 0.461 e. The standard InChI is InChI=1S/C19H30O3/c1-11(2)13-7-6-12(3)10-14(13)22-17(21)19-15(18(19,4)5)8-9-16(19)20/h11-15H,6-10H2,1-5H3/t12-,13-,14+,15+,19+/m1/s1. The molecule has 22 heavy (non-hydrogen) atoms. The maximum atomic E-state index is 12.9. The van der Waals surface area contributed by atoms with Gasteiger partial charge in [-0.2, -0.15) is 0 Å². The van der Waals surface area contributed by atoms with Gasteiger partial charge in [-0.3, -0.25) is 9.59 Å². The van der Waals surface area contributed by atoms with E-state index in [1.54, 1.807) is 0 Å². The Morgan fingerprint density at radius 3 is 2.45 bits per heavy atom. The fourth-order valence-corrected chi connectivity index (χ4v) is 5.47. The van der Waals surface area contributed by atoms with E-state index in [0.717, 1.165) is 19.3 Å². The summed E-state index contributed by atoms with van der Waals surface area (Å²) < 4.78 is 6.01. The molecule has 3 aliphatic rings. The highest BCUT2D eigenvalue weighted by atomic mass is 16.5. The van der Waals surface area contributed by atoms with Crippen LogP contribution in [-0.4, -0.2) is 17.9 Å². The first-order valence-corrected chi connectivity index (χ1v) is 8.97. The predicted molar refractivity (Wildman–Crippen MR) is 85.2 cm³/mol. The van der Waals surface area contributed by atoms with E-state index in [4.69, 9.17) is 4.74 Å². The Hall–Kier alpha value is -0.860. The second-order valence-corrected chi connectivity index (χ2v) is 8.81. The molecule has 0 aliphatic heterocycles. The molecular formula is C19H30O3. The van der Waals surface area contributed by atoms with Crippen molar-refractivity contribution in [1.29, 1.82) is 0 Å². The van der Waals surface area contributed by atoms with Crippen LogP contribution in [0.5, 0.6) is 0 Å². The zero-order valence-electron chi connectivity index (χ0n) is 14.6. The molecule has 5 atom stereocenters. The lowest BCUT2D eigenvalue weighted by Crippen LogP contribution is -2.40. The van der Waals surface area contributed by atoms with Crippen LogP contribution in [0.3, 0.4) is 0 Å². The number of Topliss-reactive ketones (excluding diaryl/α,β-unsaturated/α-hetero) is 1. The molecule has 0 aromatic heterocycles. The molecule has 0 aromatic carbocycles. The van der Waals surface area contributed by atoms with Crippen molar-refractivity contribution in [2.24, 2.45) is 34.5 Å². The minimum absolute atomic E-state index is 0.00363. The molecule has 3 nitrogen and oxygen atoms in total. The Labute approximate surface area is 134 Å². The highest BCUT2D eigenvalue weighted by molar-refractivity contribution is 6.10. The van der Waals surface area contributed by atoms with Crippen LogP contribution in [-0.2, 0) is 14.3 Å². The van der Waals surface area contributed by atoms with Crippen LogP contribution in [0.2, 0.25) is 0 Å². The molecule has 3 heteroatoms. The maximum Gasteiger partial charge on any atom is 0.320 e. The molecule has 0 spiro atoms. The zero-order chi connectivity index (χ0) is 16.3. The third-order valence-corrected chi connectivity index (χ3v) is 6.97. The van der Waals surface area contributed by atoms with Crippen molar-refractivity contribution in [2.45, 2.75) is 72.8 Å². The minimum atomic E-state index is -0.810. The van der Waals surface area contributed by atoms with Gasteiger partial charge in [0.2, 0.25) is 0 Å². The smallest absolute Gasteiger partial charge is 0.320 e. The first kappa shape index (κ1) is 16.0. The topological polar surface area (TPSA) is 43.4 Å². The summed E-state index contributed by atoms with van der Waals surface area (Å²) in [5, 5.41) is 0. The van der Waals surface area contributed by atoms with Gasteiger partial charge >= 0.3 is 5.97 Å². The number of ether oxygens (including phenoxy) is 1. The highest BCUT2D eigenvalue weighted by Crippen LogP contribution is 2.75. The first-order chi connectivity index (χ1) is 10.2. The Morgan fingerprint density at radius 2 is 1.91 bits per heavy atom. The van der Waals surface area contributed by atoms with Crippen molar-refractivity contribution >= 4 is 11.8 Å². The molecule has 0 aromatic rings. The van der Waals surface area contributed by atoms with Crippen LogP contribution in [0.4, 0.5) is 0 Å². The number of fused-ring (bicyclic) bond motifs is 1. The number of ketones is 1. The molecule has 124 valence electrons. The van der Waals surface area contributed by atoms with Gasteiger partial charge in [0, 0.05) is 6.42 Å². The summed E-state index contributed by atoms with van der Waals surface area (Å²) in [6.45, 7) is 10.8. The van der Waals surface area contributed by atoms with E-state index in [1.165, 1.54) is 6.42 Å². The van der Waals surface area contributed by atoms with Crippen LogP contribution in [0.25, 0.3) is 0 Å². The highest BCUT2D eigenvalue weighted by Gasteiger charge is 2.82.